The number of halogens is 1. The standard InChI is InChI=1S/C29H30ClN3O3/c1-5-32(6-2)23-12-10-19(11-13-23)26-25(27(34)20-8-7-9-21(30)18-20)28(35)29(36)33(26)24-16-14-22(15-17-24)31(3)4/h7-18,26,34H,5-6H2,1-4H3/b27-25+. The van der Waals surface area contributed by atoms with Crippen molar-refractivity contribution in [3.05, 3.63) is 94.5 Å². The highest BCUT2D eigenvalue weighted by Gasteiger charge is 2.47. The van der Waals surface area contributed by atoms with Crippen molar-refractivity contribution in [1.29, 1.82) is 0 Å². The molecule has 3 aromatic carbocycles. The Balaban J connectivity index is 1.88. The Morgan fingerprint density at radius 2 is 1.53 bits per heavy atom. The average Bonchev–Trinajstić information content (AvgIpc) is 3.15. The van der Waals surface area contributed by atoms with Gasteiger partial charge in [0, 0.05) is 54.8 Å². The predicted molar refractivity (Wildman–Crippen MR) is 147 cm³/mol. The summed E-state index contributed by atoms with van der Waals surface area (Å²) in [6, 6.07) is 21.1. The lowest BCUT2D eigenvalue weighted by molar-refractivity contribution is -0.132. The summed E-state index contributed by atoms with van der Waals surface area (Å²) >= 11 is 6.15. The average molecular weight is 504 g/mol. The Kier molecular flexibility index (Phi) is 7.36. The summed E-state index contributed by atoms with van der Waals surface area (Å²) in [6.45, 7) is 5.91. The summed E-state index contributed by atoms with van der Waals surface area (Å²) in [4.78, 5) is 32.4. The van der Waals surface area contributed by atoms with E-state index < -0.39 is 17.7 Å². The molecule has 1 N–H and O–H groups in total. The lowest BCUT2D eigenvalue weighted by Crippen LogP contribution is -2.29. The van der Waals surface area contributed by atoms with Gasteiger partial charge in [-0.1, -0.05) is 35.9 Å². The van der Waals surface area contributed by atoms with Crippen LogP contribution in [0.2, 0.25) is 5.02 Å². The summed E-state index contributed by atoms with van der Waals surface area (Å²) < 4.78 is 0. The van der Waals surface area contributed by atoms with E-state index in [2.05, 4.69) is 18.7 Å². The Morgan fingerprint density at radius 1 is 0.917 bits per heavy atom. The molecule has 36 heavy (non-hydrogen) atoms. The Labute approximate surface area is 217 Å². The molecule has 0 aliphatic carbocycles. The summed E-state index contributed by atoms with van der Waals surface area (Å²) in [7, 11) is 3.87. The monoisotopic (exact) mass is 503 g/mol. The van der Waals surface area contributed by atoms with Crippen molar-refractivity contribution in [2.24, 2.45) is 0 Å². The molecule has 1 atom stereocenters. The first-order chi connectivity index (χ1) is 17.3. The second kappa shape index (κ2) is 10.5. The molecule has 1 amide bonds. The molecule has 0 aromatic heterocycles. The molecule has 0 saturated carbocycles. The van der Waals surface area contributed by atoms with E-state index in [9.17, 15) is 14.7 Å². The molecule has 7 heteroatoms. The van der Waals surface area contributed by atoms with Gasteiger partial charge in [0.25, 0.3) is 11.7 Å². The van der Waals surface area contributed by atoms with Gasteiger partial charge in [0.05, 0.1) is 11.6 Å². The SMILES string of the molecule is CCN(CC)c1ccc(C2/C(=C(\O)c3cccc(Cl)c3)C(=O)C(=O)N2c2ccc(N(C)C)cc2)cc1. The number of aliphatic hydroxyl groups is 1. The molecule has 1 unspecified atom stereocenters. The second-order valence-electron chi connectivity index (χ2n) is 8.85. The molecule has 0 spiro atoms. The number of carbonyl (C=O) groups is 2. The number of ketones is 1. The zero-order chi connectivity index (χ0) is 26.0. The molecule has 1 aliphatic heterocycles. The van der Waals surface area contributed by atoms with Crippen molar-refractivity contribution in [2.75, 3.05) is 41.9 Å². The van der Waals surface area contributed by atoms with E-state index in [1.54, 1.807) is 24.3 Å². The topological polar surface area (TPSA) is 64.1 Å². The van der Waals surface area contributed by atoms with E-state index in [1.807, 2.05) is 67.5 Å². The fraction of sp³-hybridized carbons (Fsp3) is 0.241. The third kappa shape index (κ3) is 4.69. The molecule has 1 aliphatic rings. The van der Waals surface area contributed by atoms with Crippen molar-refractivity contribution < 1.29 is 14.7 Å². The lowest BCUT2D eigenvalue weighted by atomic mass is 9.95. The van der Waals surface area contributed by atoms with Crippen LogP contribution in [0, 0.1) is 0 Å². The number of aliphatic hydroxyl groups excluding tert-OH is 1. The molecule has 3 aromatic rings. The number of carbonyl (C=O) groups excluding carboxylic acids is 2. The molecule has 4 rings (SSSR count). The fourth-order valence-electron chi connectivity index (χ4n) is 4.57. The van der Waals surface area contributed by atoms with Gasteiger partial charge in [0.2, 0.25) is 0 Å². The van der Waals surface area contributed by atoms with Crippen LogP contribution < -0.4 is 14.7 Å². The van der Waals surface area contributed by atoms with Crippen LogP contribution in [-0.4, -0.2) is 44.0 Å². The molecular weight excluding hydrogens is 474 g/mol. The normalized spacial score (nSPS) is 16.9. The van der Waals surface area contributed by atoms with Gasteiger partial charge in [-0.25, -0.2) is 0 Å². The number of amides is 1. The van der Waals surface area contributed by atoms with Crippen LogP contribution in [-0.2, 0) is 9.59 Å². The summed E-state index contributed by atoms with van der Waals surface area (Å²) in [5.74, 6) is -1.67. The van der Waals surface area contributed by atoms with Gasteiger partial charge in [0.15, 0.2) is 0 Å². The van der Waals surface area contributed by atoms with Gasteiger partial charge in [-0.2, -0.15) is 0 Å². The zero-order valence-electron chi connectivity index (χ0n) is 20.9. The van der Waals surface area contributed by atoms with E-state index in [0.29, 0.717) is 16.3 Å². The van der Waals surface area contributed by atoms with Gasteiger partial charge in [-0.15, -0.1) is 0 Å². The maximum Gasteiger partial charge on any atom is 0.300 e. The Morgan fingerprint density at radius 3 is 2.08 bits per heavy atom. The van der Waals surface area contributed by atoms with Crippen molar-refractivity contribution in [3.8, 4) is 0 Å². The first-order valence-corrected chi connectivity index (χ1v) is 12.3. The molecular formula is C29H30ClN3O3. The van der Waals surface area contributed by atoms with Crippen LogP contribution >= 0.6 is 11.6 Å². The first-order valence-electron chi connectivity index (χ1n) is 12.0. The maximum atomic E-state index is 13.4. The van der Waals surface area contributed by atoms with Gasteiger partial charge in [-0.3, -0.25) is 14.5 Å². The molecule has 186 valence electrons. The van der Waals surface area contributed by atoms with Gasteiger partial charge < -0.3 is 14.9 Å². The van der Waals surface area contributed by atoms with Crippen LogP contribution in [0.15, 0.2) is 78.4 Å². The second-order valence-corrected chi connectivity index (χ2v) is 9.29. The van der Waals surface area contributed by atoms with Crippen LogP contribution in [0.1, 0.15) is 31.0 Å². The highest BCUT2D eigenvalue weighted by atomic mass is 35.5. The number of nitrogens with zero attached hydrogens (tertiary/aromatic N) is 3. The van der Waals surface area contributed by atoms with Crippen molar-refractivity contribution >= 4 is 46.1 Å². The third-order valence-electron chi connectivity index (χ3n) is 6.52. The Hall–Kier alpha value is -3.77. The highest BCUT2D eigenvalue weighted by molar-refractivity contribution is 6.51. The number of anilines is 3. The quantitative estimate of drug-likeness (QED) is 0.248. The number of Topliss-reactive ketones (excluding diaryl/α,β-unsaturated/α-hetero) is 1. The Bertz CT molecular complexity index is 1300. The minimum Gasteiger partial charge on any atom is -0.507 e. The van der Waals surface area contributed by atoms with E-state index in [0.717, 1.165) is 30.0 Å². The van der Waals surface area contributed by atoms with Crippen molar-refractivity contribution in [2.45, 2.75) is 19.9 Å². The highest BCUT2D eigenvalue weighted by Crippen LogP contribution is 2.43. The zero-order valence-corrected chi connectivity index (χ0v) is 21.7. The minimum atomic E-state index is -0.792. The maximum absolute atomic E-state index is 13.4. The fourth-order valence-corrected chi connectivity index (χ4v) is 4.76. The van der Waals surface area contributed by atoms with Gasteiger partial charge >= 0.3 is 0 Å². The van der Waals surface area contributed by atoms with Crippen LogP contribution in [0.4, 0.5) is 17.1 Å². The number of benzene rings is 3. The van der Waals surface area contributed by atoms with Crippen LogP contribution in [0.3, 0.4) is 0 Å². The molecule has 0 bridgehead atoms. The molecule has 1 saturated heterocycles. The van der Waals surface area contributed by atoms with Crippen molar-refractivity contribution in [3.63, 3.8) is 0 Å². The predicted octanol–water partition coefficient (Wildman–Crippen LogP) is 5.88. The molecule has 6 nitrogen and oxygen atoms in total. The smallest absolute Gasteiger partial charge is 0.300 e. The van der Waals surface area contributed by atoms with Gasteiger partial charge in [-0.05, 0) is 67.9 Å². The number of hydrogen-bond acceptors (Lipinski definition) is 5. The van der Waals surface area contributed by atoms with Crippen molar-refractivity contribution in [1.82, 2.24) is 0 Å². The largest absolute Gasteiger partial charge is 0.507 e. The van der Waals surface area contributed by atoms with Crippen LogP contribution in [0.25, 0.3) is 5.76 Å². The molecule has 1 fully saturated rings. The van der Waals surface area contributed by atoms with E-state index >= 15 is 0 Å². The number of rotatable bonds is 7. The number of hydrogen-bond donors (Lipinski definition) is 1. The van der Waals surface area contributed by atoms with Gasteiger partial charge in [0.1, 0.15) is 5.76 Å². The van der Waals surface area contributed by atoms with Crippen LogP contribution in [0.5, 0.6) is 0 Å². The van der Waals surface area contributed by atoms with E-state index in [1.165, 1.54) is 4.90 Å². The summed E-state index contributed by atoms with van der Waals surface area (Å²) in [5, 5.41) is 11.7. The summed E-state index contributed by atoms with van der Waals surface area (Å²) in [6.07, 6.45) is 0. The lowest BCUT2D eigenvalue weighted by Gasteiger charge is -2.27. The van der Waals surface area contributed by atoms with E-state index in [-0.39, 0.29) is 11.3 Å². The minimum absolute atomic E-state index is 0.0366. The molecule has 1 heterocycles. The third-order valence-corrected chi connectivity index (χ3v) is 6.76. The van der Waals surface area contributed by atoms with E-state index in [4.69, 9.17) is 11.6 Å². The first kappa shape index (κ1) is 25.3. The summed E-state index contributed by atoms with van der Waals surface area (Å²) in [5.41, 5.74) is 3.74. The molecule has 0 radical (unpaired) electrons.